The fourth-order valence-corrected chi connectivity index (χ4v) is 8.37. The summed E-state index contributed by atoms with van der Waals surface area (Å²) in [6.45, 7) is 6.18. The number of aryl methyl sites for hydroxylation is 4. The largest absolute Gasteiger partial charge is 0.481 e. The van der Waals surface area contributed by atoms with Crippen molar-refractivity contribution in [3.63, 3.8) is 0 Å². The standard InChI is InChI=1S/C31H34ClN5O5S/c1-5-23-16-37(43(40,41)27-12-22(32)14-33-31(27)42-23)15-21-11-20(10-19-7-6-8-24(19)21)26(13-28(38)39)25-9-17(2)30-29(18(25)3)34-35-36(30)4/h9-12,14,23,26H,5-8,13,15-16H2,1-4H3,(H,38,39)/t23-,26-/m1/s1. The van der Waals surface area contributed by atoms with Crippen LogP contribution in [0.1, 0.15) is 71.0 Å². The smallest absolute Gasteiger partial charge is 0.304 e. The van der Waals surface area contributed by atoms with Crippen LogP contribution in [0.25, 0.3) is 11.0 Å². The predicted octanol–water partition coefficient (Wildman–Crippen LogP) is 5.09. The predicted molar refractivity (Wildman–Crippen MR) is 162 cm³/mol. The molecule has 0 unspecified atom stereocenters. The zero-order valence-electron chi connectivity index (χ0n) is 24.6. The molecular weight excluding hydrogens is 590 g/mol. The Balaban J connectivity index is 1.47. The van der Waals surface area contributed by atoms with Crippen LogP contribution < -0.4 is 4.74 Å². The summed E-state index contributed by atoms with van der Waals surface area (Å²) in [4.78, 5) is 16.4. The van der Waals surface area contributed by atoms with Gasteiger partial charge >= 0.3 is 5.97 Å². The number of nitrogens with zero attached hydrogens (tertiary/aromatic N) is 5. The molecule has 0 saturated heterocycles. The van der Waals surface area contributed by atoms with Crippen LogP contribution >= 0.6 is 11.6 Å². The molecule has 3 heterocycles. The summed E-state index contributed by atoms with van der Waals surface area (Å²) in [6.07, 6.45) is 4.13. The van der Waals surface area contributed by atoms with Crippen LogP contribution in [0.5, 0.6) is 5.88 Å². The van der Waals surface area contributed by atoms with Crippen LogP contribution in [0.15, 0.2) is 35.4 Å². The van der Waals surface area contributed by atoms with Crippen LogP contribution in [0.3, 0.4) is 0 Å². The van der Waals surface area contributed by atoms with E-state index >= 15 is 0 Å². The lowest BCUT2D eigenvalue weighted by atomic mass is 9.82. The molecule has 0 radical (unpaired) electrons. The molecule has 2 aromatic carbocycles. The Kier molecular flexibility index (Phi) is 7.68. The molecule has 1 N–H and O–H groups in total. The lowest BCUT2D eigenvalue weighted by Crippen LogP contribution is -2.36. The van der Waals surface area contributed by atoms with Crippen LogP contribution in [0.4, 0.5) is 0 Å². The van der Waals surface area contributed by atoms with E-state index in [1.54, 1.807) is 4.68 Å². The van der Waals surface area contributed by atoms with Crippen molar-refractivity contribution in [3.05, 3.63) is 74.4 Å². The van der Waals surface area contributed by atoms with Crippen LogP contribution in [-0.2, 0) is 41.3 Å². The molecule has 6 rings (SSSR count). The third kappa shape index (κ3) is 5.27. The normalized spacial score (nSPS) is 18.6. The number of aromatic nitrogens is 4. The summed E-state index contributed by atoms with van der Waals surface area (Å²) in [7, 11) is -2.15. The molecule has 4 aromatic rings. The van der Waals surface area contributed by atoms with E-state index in [1.165, 1.54) is 16.6 Å². The van der Waals surface area contributed by atoms with Crippen molar-refractivity contribution in [2.24, 2.45) is 7.05 Å². The first-order valence-corrected chi connectivity index (χ1v) is 16.3. The molecule has 1 aliphatic heterocycles. The molecule has 10 nitrogen and oxygen atoms in total. The molecule has 2 aliphatic rings. The first-order valence-electron chi connectivity index (χ1n) is 14.5. The van der Waals surface area contributed by atoms with Crippen molar-refractivity contribution in [1.29, 1.82) is 0 Å². The molecule has 0 amide bonds. The quantitative estimate of drug-likeness (QED) is 0.302. The highest BCUT2D eigenvalue weighted by Crippen LogP contribution is 2.39. The number of aliphatic carboxylic acids is 1. The van der Waals surface area contributed by atoms with Gasteiger partial charge < -0.3 is 9.84 Å². The SMILES string of the molecule is CC[C@@H]1CN(Cc2cc([C@@H](CC(=O)O)c3cc(C)c4c(nnn4C)c3C)cc3c2CCC3)S(=O)(=O)c2cc(Cl)cnc2O1. The van der Waals surface area contributed by atoms with Gasteiger partial charge in [-0.2, -0.15) is 4.31 Å². The van der Waals surface area contributed by atoms with E-state index in [0.29, 0.717) is 6.42 Å². The summed E-state index contributed by atoms with van der Waals surface area (Å²) in [5.41, 5.74) is 8.41. The van der Waals surface area contributed by atoms with E-state index in [0.717, 1.165) is 69.2 Å². The highest BCUT2D eigenvalue weighted by Gasteiger charge is 2.36. The molecule has 0 fully saturated rings. The maximum absolute atomic E-state index is 14.0. The number of fused-ring (bicyclic) bond motifs is 3. The average Bonchev–Trinajstić information content (AvgIpc) is 3.58. The van der Waals surface area contributed by atoms with Crippen molar-refractivity contribution in [2.45, 2.75) is 76.3 Å². The van der Waals surface area contributed by atoms with Crippen LogP contribution in [0.2, 0.25) is 5.02 Å². The monoisotopic (exact) mass is 623 g/mol. The van der Waals surface area contributed by atoms with Crippen molar-refractivity contribution in [2.75, 3.05) is 6.54 Å². The summed E-state index contributed by atoms with van der Waals surface area (Å²) in [6, 6.07) is 7.55. The number of sulfonamides is 1. The Morgan fingerprint density at radius 1 is 1.21 bits per heavy atom. The second kappa shape index (κ2) is 11.2. The molecule has 226 valence electrons. The molecule has 0 spiro atoms. The number of carbonyl (C=O) groups is 1. The maximum Gasteiger partial charge on any atom is 0.304 e. The fraction of sp³-hybridized carbons (Fsp3) is 0.419. The Morgan fingerprint density at radius 3 is 2.74 bits per heavy atom. The minimum atomic E-state index is -3.99. The van der Waals surface area contributed by atoms with Crippen LogP contribution in [-0.4, -0.2) is 56.4 Å². The highest BCUT2D eigenvalue weighted by atomic mass is 35.5. The topological polar surface area (TPSA) is 128 Å². The second-order valence-corrected chi connectivity index (χ2v) is 13.9. The van der Waals surface area contributed by atoms with Crippen molar-refractivity contribution in [3.8, 4) is 5.88 Å². The summed E-state index contributed by atoms with van der Waals surface area (Å²) in [5.74, 6) is -1.31. The molecular formula is C31H34ClN5O5S. The van der Waals surface area contributed by atoms with Gasteiger partial charge in [-0.15, -0.1) is 5.10 Å². The maximum atomic E-state index is 14.0. The van der Waals surface area contributed by atoms with E-state index in [2.05, 4.69) is 21.4 Å². The summed E-state index contributed by atoms with van der Waals surface area (Å²) >= 11 is 6.17. The molecule has 1 aliphatic carbocycles. The number of hydrogen-bond donors (Lipinski definition) is 1. The van der Waals surface area contributed by atoms with Gasteiger partial charge in [0.25, 0.3) is 0 Å². The first-order chi connectivity index (χ1) is 20.5. The third-order valence-corrected chi connectivity index (χ3v) is 10.8. The number of ether oxygens (including phenoxy) is 1. The van der Waals surface area contributed by atoms with Crippen molar-refractivity contribution in [1.82, 2.24) is 24.3 Å². The number of carboxylic acids is 1. The number of carboxylic acid groups (broad SMARTS) is 1. The molecule has 2 atom stereocenters. The highest BCUT2D eigenvalue weighted by molar-refractivity contribution is 7.89. The number of pyridine rings is 1. The van der Waals surface area contributed by atoms with Crippen LogP contribution in [0, 0.1) is 13.8 Å². The molecule has 12 heteroatoms. The van der Waals surface area contributed by atoms with Crippen molar-refractivity contribution >= 4 is 38.6 Å². The van der Waals surface area contributed by atoms with E-state index in [9.17, 15) is 18.3 Å². The molecule has 0 bridgehead atoms. The molecule has 2 aromatic heterocycles. The van der Waals surface area contributed by atoms with Gasteiger partial charge in [0.05, 0.1) is 23.5 Å². The third-order valence-electron chi connectivity index (χ3n) is 8.74. The first kappa shape index (κ1) is 29.5. The van der Waals surface area contributed by atoms with Gasteiger partial charge in [-0.05, 0) is 84.5 Å². The Hall–Kier alpha value is -3.54. The number of rotatable bonds is 7. The second-order valence-electron chi connectivity index (χ2n) is 11.5. The Morgan fingerprint density at radius 2 is 2.00 bits per heavy atom. The number of benzene rings is 2. The van der Waals surface area contributed by atoms with Gasteiger partial charge in [0.1, 0.15) is 16.5 Å². The zero-order valence-corrected chi connectivity index (χ0v) is 26.2. The lowest BCUT2D eigenvalue weighted by molar-refractivity contribution is -0.137. The van der Waals surface area contributed by atoms with Crippen molar-refractivity contribution < 1.29 is 23.1 Å². The fourth-order valence-electron chi connectivity index (χ4n) is 6.60. The zero-order chi connectivity index (χ0) is 30.6. The van der Waals surface area contributed by atoms with Gasteiger partial charge in [-0.3, -0.25) is 4.79 Å². The summed E-state index contributed by atoms with van der Waals surface area (Å²) in [5, 5.41) is 18.8. The van der Waals surface area contributed by atoms with Gasteiger partial charge in [0.2, 0.25) is 15.9 Å². The summed E-state index contributed by atoms with van der Waals surface area (Å²) < 4.78 is 37.2. The Labute approximate surface area is 255 Å². The lowest BCUT2D eigenvalue weighted by Gasteiger charge is -2.26. The van der Waals surface area contributed by atoms with Gasteiger partial charge in [-0.25, -0.2) is 18.1 Å². The van der Waals surface area contributed by atoms with E-state index < -0.39 is 21.9 Å². The van der Waals surface area contributed by atoms with Gasteiger partial charge in [-0.1, -0.05) is 41.9 Å². The van der Waals surface area contributed by atoms with E-state index in [1.807, 2.05) is 40.0 Å². The van der Waals surface area contributed by atoms with E-state index in [-0.39, 0.29) is 41.4 Å². The van der Waals surface area contributed by atoms with E-state index in [4.69, 9.17) is 16.3 Å². The molecule has 43 heavy (non-hydrogen) atoms. The Bertz CT molecular complexity index is 1870. The van der Waals surface area contributed by atoms with Gasteiger partial charge in [0, 0.05) is 25.7 Å². The minimum absolute atomic E-state index is 0.0455. The minimum Gasteiger partial charge on any atom is -0.481 e. The average molecular weight is 624 g/mol. The number of halogens is 1. The van der Waals surface area contributed by atoms with Gasteiger partial charge in [0.15, 0.2) is 0 Å². The number of hydrogen-bond acceptors (Lipinski definition) is 7. The molecule has 0 saturated carbocycles.